The van der Waals surface area contributed by atoms with Gasteiger partial charge in [-0.05, 0) is 35.9 Å². The molecule has 0 unspecified atom stereocenters. The Kier molecular flexibility index (Phi) is 2.87. The number of hydrogen-bond acceptors (Lipinski definition) is 2. The highest BCUT2D eigenvalue weighted by atomic mass is 16.4. The molecule has 3 heteroatoms. The molecule has 1 aromatic heterocycles. The summed E-state index contributed by atoms with van der Waals surface area (Å²) < 4.78 is 1.98. The summed E-state index contributed by atoms with van der Waals surface area (Å²) in [6, 6.07) is 11.5. The fraction of sp³-hybridized carbons (Fsp3) is 0. The van der Waals surface area contributed by atoms with Crippen LogP contribution in [-0.4, -0.2) is 10.5 Å². The van der Waals surface area contributed by atoms with E-state index in [-0.39, 0.29) is 0 Å². The van der Waals surface area contributed by atoms with Crippen molar-refractivity contribution in [3.05, 3.63) is 60.4 Å². The van der Waals surface area contributed by atoms with E-state index in [1.54, 1.807) is 0 Å². The van der Waals surface area contributed by atoms with Crippen LogP contribution in [0.3, 0.4) is 0 Å². The average molecular weight is 212 g/mol. The first-order chi connectivity index (χ1) is 7.75. The number of rotatable bonds is 3. The zero-order valence-electron chi connectivity index (χ0n) is 8.54. The zero-order chi connectivity index (χ0) is 11.4. The van der Waals surface area contributed by atoms with Crippen molar-refractivity contribution in [3.8, 4) is 5.69 Å². The minimum atomic E-state index is -1.19. The van der Waals surface area contributed by atoms with Crippen LogP contribution in [-0.2, 0) is 4.79 Å². The molecular formula is C13H10NO2-. The van der Waals surface area contributed by atoms with Crippen molar-refractivity contribution in [2.75, 3.05) is 0 Å². The maximum absolute atomic E-state index is 10.2. The summed E-state index contributed by atoms with van der Waals surface area (Å²) in [6.45, 7) is 0. The monoisotopic (exact) mass is 212 g/mol. The molecule has 1 heterocycles. The molecule has 0 aliphatic carbocycles. The van der Waals surface area contributed by atoms with Crippen LogP contribution in [0.4, 0.5) is 0 Å². The largest absolute Gasteiger partial charge is 0.545 e. The molecule has 1 aromatic carbocycles. The molecule has 0 saturated carbocycles. The third-order valence-corrected chi connectivity index (χ3v) is 2.21. The maximum atomic E-state index is 10.2. The van der Waals surface area contributed by atoms with E-state index in [0.29, 0.717) is 0 Å². The highest BCUT2D eigenvalue weighted by Crippen LogP contribution is 2.10. The highest BCUT2D eigenvalue weighted by Gasteiger charge is 1.93. The first-order valence-corrected chi connectivity index (χ1v) is 4.88. The molecule has 3 nitrogen and oxygen atoms in total. The van der Waals surface area contributed by atoms with E-state index < -0.39 is 5.97 Å². The summed E-state index contributed by atoms with van der Waals surface area (Å²) in [5, 5.41) is 10.2. The minimum Gasteiger partial charge on any atom is -0.545 e. The van der Waals surface area contributed by atoms with E-state index in [0.717, 1.165) is 17.3 Å². The summed E-state index contributed by atoms with van der Waals surface area (Å²) in [5.74, 6) is -1.19. The minimum absolute atomic E-state index is 0.833. The normalized spacial score (nSPS) is 10.8. The Morgan fingerprint density at radius 1 is 1.12 bits per heavy atom. The van der Waals surface area contributed by atoms with E-state index in [9.17, 15) is 9.90 Å². The van der Waals surface area contributed by atoms with Gasteiger partial charge >= 0.3 is 0 Å². The molecule has 0 bridgehead atoms. The number of carboxylic acids is 1. The molecule has 0 fully saturated rings. The molecule has 0 spiro atoms. The predicted octanol–water partition coefficient (Wildman–Crippen LogP) is 1.24. The van der Waals surface area contributed by atoms with Crippen LogP contribution < -0.4 is 5.11 Å². The van der Waals surface area contributed by atoms with Crippen molar-refractivity contribution < 1.29 is 9.90 Å². The van der Waals surface area contributed by atoms with Gasteiger partial charge in [0.2, 0.25) is 0 Å². The summed E-state index contributed by atoms with van der Waals surface area (Å²) in [4.78, 5) is 10.2. The van der Waals surface area contributed by atoms with Crippen molar-refractivity contribution in [3.63, 3.8) is 0 Å². The first-order valence-electron chi connectivity index (χ1n) is 4.88. The van der Waals surface area contributed by atoms with Crippen molar-refractivity contribution in [1.29, 1.82) is 0 Å². The van der Waals surface area contributed by atoms with E-state index in [1.165, 1.54) is 6.08 Å². The molecule has 0 aliphatic rings. The van der Waals surface area contributed by atoms with Crippen molar-refractivity contribution in [2.45, 2.75) is 0 Å². The van der Waals surface area contributed by atoms with Crippen LogP contribution in [0.2, 0.25) is 0 Å². The van der Waals surface area contributed by atoms with Gasteiger partial charge in [0.25, 0.3) is 0 Å². The number of hydrogen-bond donors (Lipinski definition) is 0. The molecule has 0 radical (unpaired) electrons. The second-order valence-corrected chi connectivity index (χ2v) is 3.33. The van der Waals surface area contributed by atoms with Gasteiger partial charge in [-0.2, -0.15) is 0 Å². The maximum Gasteiger partial charge on any atom is 0.0643 e. The zero-order valence-corrected chi connectivity index (χ0v) is 8.54. The second kappa shape index (κ2) is 4.49. The van der Waals surface area contributed by atoms with Gasteiger partial charge in [-0.15, -0.1) is 0 Å². The predicted molar refractivity (Wildman–Crippen MR) is 59.8 cm³/mol. The number of aliphatic carboxylic acids is 1. The van der Waals surface area contributed by atoms with Gasteiger partial charge in [-0.3, -0.25) is 0 Å². The Balaban J connectivity index is 2.20. The van der Waals surface area contributed by atoms with Crippen molar-refractivity contribution in [1.82, 2.24) is 4.57 Å². The van der Waals surface area contributed by atoms with Crippen molar-refractivity contribution >= 4 is 12.0 Å². The molecule has 0 atom stereocenters. The molecule has 2 aromatic rings. The molecule has 0 amide bonds. The van der Waals surface area contributed by atoms with Gasteiger partial charge in [0.1, 0.15) is 0 Å². The smallest absolute Gasteiger partial charge is 0.0643 e. The van der Waals surface area contributed by atoms with Crippen LogP contribution in [0, 0.1) is 0 Å². The molecule has 0 aliphatic heterocycles. The number of benzene rings is 1. The van der Waals surface area contributed by atoms with Crippen molar-refractivity contribution in [2.24, 2.45) is 0 Å². The standard InChI is InChI=1S/C13H11NO2/c15-13(16)8-5-11-3-6-12(7-4-11)14-9-1-2-10-14/h1-10H,(H,15,16)/p-1/b8-5+. The molecular weight excluding hydrogens is 202 g/mol. The van der Waals surface area contributed by atoms with Crippen LogP contribution in [0.25, 0.3) is 11.8 Å². The lowest BCUT2D eigenvalue weighted by Gasteiger charge is -2.02. The lowest BCUT2D eigenvalue weighted by molar-refractivity contribution is -0.297. The Hall–Kier alpha value is -2.29. The average Bonchev–Trinajstić information content (AvgIpc) is 2.80. The molecule has 80 valence electrons. The molecule has 2 rings (SSSR count). The van der Waals surface area contributed by atoms with Gasteiger partial charge in [-0.25, -0.2) is 0 Å². The Bertz CT molecular complexity index is 495. The van der Waals surface area contributed by atoms with E-state index in [1.807, 2.05) is 53.4 Å². The fourth-order valence-electron chi connectivity index (χ4n) is 1.43. The van der Waals surface area contributed by atoms with Crippen LogP contribution in [0.15, 0.2) is 54.9 Å². The van der Waals surface area contributed by atoms with E-state index >= 15 is 0 Å². The molecule has 16 heavy (non-hydrogen) atoms. The second-order valence-electron chi connectivity index (χ2n) is 3.33. The van der Waals surface area contributed by atoms with Gasteiger partial charge in [-0.1, -0.05) is 18.2 Å². The number of carboxylic acid groups (broad SMARTS) is 1. The van der Waals surface area contributed by atoms with Crippen LogP contribution >= 0.6 is 0 Å². The Morgan fingerprint density at radius 3 is 2.31 bits per heavy atom. The summed E-state index contributed by atoms with van der Waals surface area (Å²) in [6.07, 6.45) is 6.43. The Morgan fingerprint density at radius 2 is 1.75 bits per heavy atom. The number of carbonyl (C=O) groups is 1. The van der Waals surface area contributed by atoms with Crippen LogP contribution in [0.5, 0.6) is 0 Å². The highest BCUT2D eigenvalue weighted by molar-refractivity contribution is 5.83. The summed E-state index contributed by atoms with van der Waals surface area (Å²) in [7, 11) is 0. The number of aromatic nitrogens is 1. The number of nitrogens with zero attached hydrogens (tertiary/aromatic N) is 1. The lowest BCUT2D eigenvalue weighted by Crippen LogP contribution is -2.18. The van der Waals surface area contributed by atoms with Crippen LogP contribution in [0.1, 0.15) is 5.56 Å². The van der Waals surface area contributed by atoms with Gasteiger partial charge < -0.3 is 14.5 Å². The van der Waals surface area contributed by atoms with Gasteiger partial charge in [0.15, 0.2) is 0 Å². The number of carbonyl (C=O) groups excluding carboxylic acids is 1. The fourth-order valence-corrected chi connectivity index (χ4v) is 1.43. The summed E-state index contributed by atoms with van der Waals surface area (Å²) in [5.41, 5.74) is 1.87. The lowest BCUT2D eigenvalue weighted by atomic mass is 10.2. The van der Waals surface area contributed by atoms with Gasteiger partial charge in [0, 0.05) is 18.1 Å². The Labute approximate surface area is 93.3 Å². The third kappa shape index (κ3) is 2.39. The summed E-state index contributed by atoms with van der Waals surface area (Å²) >= 11 is 0. The molecule has 0 saturated heterocycles. The SMILES string of the molecule is O=C([O-])/C=C/c1ccc(-n2cccc2)cc1. The quantitative estimate of drug-likeness (QED) is 0.718. The van der Waals surface area contributed by atoms with E-state index in [4.69, 9.17) is 0 Å². The van der Waals surface area contributed by atoms with E-state index in [2.05, 4.69) is 0 Å². The van der Waals surface area contributed by atoms with Gasteiger partial charge in [0.05, 0.1) is 5.97 Å². The first kappa shape index (κ1) is 10.2. The molecule has 0 N–H and O–H groups in total. The third-order valence-electron chi connectivity index (χ3n) is 2.21. The topological polar surface area (TPSA) is 45.1 Å².